The maximum absolute atomic E-state index is 10.8. The van der Waals surface area contributed by atoms with Crippen LogP contribution in [0.15, 0.2) is 35.1 Å². The second-order valence-corrected chi connectivity index (χ2v) is 5.78. The molecule has 124 valence electrons. The summed E-state index contributed by atoms with van der Waals surface area (Å²) < 4.78 is 6.73. The molecule has 0 aliphatic carbocycles. The number of rotatable bonds is 5. The first-order valence-electron chi connectivity index (χ1n) is 6.97. The van der Waals surface area contributed by atoms with Crippen molar-refractivity contribution in [2.75, 3.05) is 0 Å². The maximum Gasteiger partial charge on any atom is 0.307 e. The molecule has 24 heavy (non-hydrogen) atoms. The molecule has 0 saturated heterocycles. The lowest BCUT2D eigenvalue weighted by molar-refractivity contribution is -0.385. The first-order valence-corrected chi connectivity index (χ1v) is 7.72. The van der Waals surface area contributed by atoms with Gasteiger partial charge in [0.1, 0.15) is 18.4 Å². The average Bonchev–Trinajstić information content (AvgIpc) is 3.18. The van der Waals surface area contributed by atoms with E-state index in [1.54, 1.807) is 18.2 Å². The number of halogens is 2. The van der Waals surface area contributed by atoms with Gasteiger partial charge in [0.25, 0.3) is 5.89 Å². The Morgan fingerprint density at radius 3 is 2.83 bits per heavy atom. The fourth-order valence-electron chi connectivity index (χ4n) is 2.22. The zero-order valence-corrected chi connectivity index (χ0v) is 13.9. The fraction of sp³-hybridized carbons (Fsp3) is 0.214. The van der Waals surface area contributed by atoms with E-state index in [9.17, 15) is 10.1 Å². The van der Waals surface area contributed by atoms with Crippen LogP contribution in [0.2, 0.25) is 10.0 Å². The molecule has 0 N–H and O–H groups in total. The number of aromatic nitrogens is 4. The maximum atomic E-state index is 10.8. The predicted octanol–water partition coefficient (Wildman–Crippen LogP) is 4.15. The summed E-state index contributed by atoms with van der Waals surface area (Å²) in [6.45, 7) is 1.89. The highest BCUT2D eigenvalue weighted by Crippen LogP contribution is 2.30. The summed E-state index contributed by atoms with van der Waals surface area (Å²) >= 11 is 12.0. The van der Waals surface area contributed by atoms with E-state index in [2.05, 4.69) is 15.2 Å². The standard InChI is InChI=1S/C14H11Cl2N5O3/c1-2-12(20-7-9(6-17-20)21(22)23)14-18-13(19-24-14)10-4-3-8(15)5-11(10)16/h3-7,12H,2H2,1H3. The first-order chi connectivity index (χ1) is 11.5. The second-order valence-electron chi connectivity index (χ2n) is 4.94. The molecule has 8 nitrogen and oxygen atoms in total. The van der Waals surface area contributed by atoms with E-state index in [1.165, 1.54) is 17.1 Å². The Morgan fingerprint density at radius 1 is 1.42 bits per heavy atom. The Kier molecular flexibility index (Phi) is 4.50. The van der Waals surface area contributed by atoms with E-state index >= 15 is 0 Å². The van der Waals surface area contributed by atoms with Crippen LogP contribution in [0.25, 0.3) is 11.4 Å². The molecule has 10 heteroatoms. The van der Waals surface area contributed by atoms with Crippen molar-refractivity contribution in [3.05, 3.63) is 56.6 Å². The molecule has 0 bridgehead atoms. The molecule has 2 aromatic heterocycles. The van der Waals surface area contributed by atoms with Crippen LogP contribution in [0.1, 0.15) is 25.3 Å². The number of hydrogen-bond acceptors (Lipinski definition) is 6. The smallest absolute Gasteiger partial charge is 0.307 e. The molecule has 1 unspecified atom stereocenters. The van der Waals surface area contributed by atoms with Gasteiger partial charge in [-0.25, -0.2) is 0 Å². The molecule has 0 aliphatic rings. The minimum absolute atomic E-state index is 0.103. The summed E-state index contributed by atoms with van der Waals surface area (Å²) in [6, 6.07) is 4.54. The summed E-state index contributed by atoms with van der Waals surface area (Å²) in [4.78, 5) is 14.6. The monoisotopic (exact) mass is 367 g/mol. The van der Waals surface area contributed by atoms with Crippen LogP contribution < -0.4 is 0 Å². The summed E-state index contributed by atoms with van der Waals surface area (Å²) in [5, 5.41) is 19.6. The molecule has 0 fully saturated rings. The van der Waals surface area contributed by atoms with Gasteiger partial charge in [0.05, 0.1) is 9.95 Å². The minimum Gasteiger partial charge on any atom is -0.337 e. The third-order valence-corrected chi connectivity index (χ3v) is 3.95. The number of nitrogens with zero attached hydrogens (tertiary/aromatic N) is 5. The Balaban J connectivity index is 1.93. The quantitative estimate of drug-likeness (QED) is 0.495. The van der Waals surface area contributed by atoms with Gasteiger partial charge in [-0.15, -0.1) is 0 Å². The summed E-state index contributed by atoms with van der Waals surface area (Å²) in [6.07, 6.45) is 3.07. The van der Waals surface area contributed by atoms with Crippen molar-refractivity contribution < 1.29 is 9.45 Å². The van der Waals surface area contributed by atoms with Crippen LogP contribution in [-0.4, -0.2) is 24.8 Å². The van der Waals surface area contributed by atoms with Gasteiger partial charge < -0.3 is 4.52 Å². The zero-order valence-electron chi connectivity index (χ0n) is 12.4. The molecule has 1 atom stereocenters. The number of benzene rings is 1. The highest BCUT2D eigenvalue weighted by molar-refractivity contribution is 6.36. The van der Waals surface area contributed by atoms with Crippen molar-refractivity contribution in [1.29, 1.82) is 0 Å². The van der Waals surface area contributed by atoms with Crippen LogP contribution in [-0.2, 0) is 0 Å². The Hall–Kier alpha value is -2.45. The average molecular weight is 368 g/mol. The molecule has 0 radical (unpaired) electrons. The minimum atomic E-state index is -0.511. The van der Waals surface area contributed by atoms with E-state index in [0.29, 0.717) is 27.9 Å². The van der Waals surface area contributed by atoms with Crippen molar-refractivity contribution in [2.45, 2.75) is 19.4 Å². The van der Waals surface area contributed by atoms with Gasteiger partial charge in [-0.2, -0.15) is 10.1 Å². The lowest BCUT2D eigenvalue weighted by atomic mass is 10.2. The molecule has 2 heterocycles. The van der Waals surface area contributed by atoms with Crippen molar-refractivity contribution in [3.63, 3.8) is 0 Å². The van der Waals surface area contributed by atoms with Gasteiger partial charge in [0.15, 0.2) is 0 Å². The second kappa shape index (κ2) is 6.58. The van der Waals surface area contributed by atoms with Gasteiger partial charge in [0, 0.05) is 10.6 Å². The molecule has 0 saturated carbocycles. The third-order valence-electron chi connectivity index (χ3n) is 3.40. The lowest BCUT2D eigenvalue weighted by Gasteiger charge is -2.09. The van der Waals surface area contributed by atoms with Crippen LogP contribution in [0.4, 0.5) is 5.69 Å². The SMILES string of the molecule is CCC(c1nc(-c2ccc(Cl)cc2Cl)no1)n1cc([N+](=O)[O-])cn1. The van der Waals surface area contributed by atoms with Crippen LogP contribution in [0.5, 0.6) is 0 Å². The van der Waals surface area contributed by atoms with Crippen molar-refractivity contribution in [2.24, 2.45) is 0 Å². The van der Waals surface area contributed by atoms with Crippen molar-refractivity contribution in [1.82, 2.24) is 19.9 Å². The predicted molar refractivity (Wildman–Crippen MR) is 87.1 cm³/mol. The van der Waals surface area contributed by atoms with Gasteiger partial charge in [-0.3, -0.25) is 14.8 Å². The van der Waals surface area contributed by atoms with Crippen LogP contribution in [0.3, 0.4) is 0 Å². The summed E-state index contributed by atoms with van der Waals surface area (Å²) in [5.74, 6) is 0.600. The Morgan fingerprint density at radius 2 is 2.21 bits per heavy atom. The molecular formula is C14H11Cl2N5O3. The lowest BCUT2D eigenvalue weighted by Crippen LogP contribution is -2.10. The van der Waals surface area contributed by atoms with E-state index < -0.39 is 11.0 Å². The molecule has 1 aromatic carbocycles. The molecule has 3 aromatic rings. The fourth-order valence-corrected chi connectivity index (χ4v) is 2.71. The first kappa shape index (κ1) is 16.4. The van der Waals surface area contributed by atoms with Crippen LogP contribution >= 0.6 is 23.2 Å². The Labute approximate surface area is 146 Å². The highest BCUT2D eigenvalue weighted by atomic mass is 35.5. The van der Waals surface area contributed by atoms with Crippen molar-refractivity contribution in [3.8, 4) is 11.4 Å². The zero-order chi connectivity index (χ0) is 17.3. The normalized spacial score (nSPS) is 12.3. The van der Waals surface area contributed by atoms with Gasteiger partial charge in [0.2, 0.25) is 5.82 Å². The molecule has 3 rings (SSSR count). The number of hydrogen-bond donors (Lipinski definition) is 0. The summed E-state index contributed by atoms with van der Waals surface area (Å²) in [7, 11) is 0. The Bertz CT molecular complexity index is 892. The molecule has 0 spiro atoms. The van der Waals surface area contributed by atoms with E-state index in [4.69, 9.17) is 27.7 Å². The topological polar surface area (TPSA) is 99.9 Å². The molecular weight excluding hydrogens is 357 g/mol. The van der Waals surface area contributed by atoms with E-state index in [1.807, 2.05) is 6.92 Å². The van der Waals surface area contributed by atoms with E-state index in [-0.39, 0.29) is 11.6 Å². The molecule has 0 amide bonds. The third kappa shape index (κ3) is 3.10. The number of nitro groups is 1. The highest BCUT2D eigenvalue weighted by Gasteiger charge is 2.23. The van der Waals surface area contributed by atoms with E-state index in [0.717, 1.165) is 0 Å². The summed E-state index contributed by atoms with van der Waals surface area (Å²) in [5.41, 5.74) is 0.478. The van der Waals surface area contributed by atoms with Gasteiger partial charge >= 0.3 is 5.69 Å². The van der Waals surface area contributed by atoms with Gasteiger partial charge in [-0.05, 0) is 24.6 Å². The van der Waals surface area contributed by atoms with Crippen molar-refractivity contribution >= 4 is 28.9 Å². The van der Waals surface area contributed by atoms with Gasteiger partial charge in [-0.1, -0.05) is 35.3 Å². The molecule has 0 aliphatic heterocycles. The largest absolute Gasteiger partial charge is 0.337 e. The van der Waals surface area contributed by atoms with Crippen LogP contribution in [0, 0.1) is 10.1 Å².